The van der Waals surface area contributed by atoms with Gasteiger partial charge in [-0.05, 0) is 31.8 Å². The molecule has 1 aliphatic heterocycles. The molecule has 1 saturated heterocycles. The molecule has 44 heavy (non-hydrogen) atoms. The molecule has 19 nitrogen and oxygen atoms in total. The van der Waals surface area contributed by atoms with E-state index in [-0.39, 0.29) is 24.8 Å². The van der Waals surface area contributed by atoms with Gasteiger partial charge < -0.3 is 34.6 Å². The predicted octanol–water partition coefficient (Wildman–Crippen LogP) is -2.06. The van der Waals surface area contributed by atoms with Crippen molar-refractivity contribution in [2.24, 2.45) is 0 Å². The lowest BCUT2D eigenvalue weighted by atomic mass is 10.1. The monoisotopic (exact) mass is 669 g/mol. The fourth-order valence-corrected chi connectivity index (χ4v) is 4.81. The standard InChI is InChI=1S/C23H36N5O14PS/c1-13-9-28(23(34)26-20(13)31)19-8-16(17(42-19)10-41-43(35,36)37)39-12-40-27-18(30)5-4-15(22(33)38-2)25-21(32)14(24-11-29)6-7-44-3/h9,11,14-17,19H,4-8,10,12H2,1-3H3,(H,24,29)(H,25,32)(H,27,30)(H,26,31,34)(H2,35,36,37)/t14-,15-,16-,17+,19+/m0/s1. The zero-order valence-electron chi connectivity index (χ0n) is 24.1. The number of esters is 1. The van der Waals surface area contributed by atoms with Gasteiger partial charge in [-0.15, -0.1) is 0 Å². The molecule has 3 amide bonds. The van der Waals surface area contributed by atoms with Gasteiger partial charge in [-0.2, -0.15) is 11.8 Å². The number of aromatic nitrogens is 2. The highest BCUT2D eigenvalue weighted by Crippen LogP contribution is 2.38. The zero-order valence-corrected chi connectivity index (χ0v) is 25.8. The number of hydrogen-bond acceptors (Lipinski definition) is 13. The molecule has 2 heterocycles. The highest BCUT2D eigenvalue weighted by molar-refractivity contribution is 7.98. The molecule has 0 bridgehead atoms. The number of carbonyl (C=O) groups excluding carboxylic acids is 4. The number of hydrogen-bond donors (Lipinski definition) is 6. The van der Waals surface area contributed by atoms with Crippen molar-refractivity contribution >= 4 is 43.8 Å². The number of aromatic amines is 1. The number of H-pyrrole nitrogens is 1. The Labute approximate surface area is 254 Å². The van der Waals surface area contributed by atoms with E-state index in [1.165, 1.54) is 24.9 Å². The fourth-order valence-electron chi connectivity index (χ4n) is 4.00. The van der Waals surface area contributed by atoms with Gasteiger partial charge in [0.25, 0.3) is 5.56 Å². The Bertz CT molecular complexity index is 1300. The minimum Gasteiger partial charge on any atom is -0.467 e. The van der Waals surface area contributed by atoms with Crippen molar-refractivity contribution in [2.75, 3.05) is 32.5 Å². The van der Waals surface area contributed by atoms with Gasteiger partial charge in [0, 0.05) is 24.6 Å². The summed E-state index contributed by atoms with van der Waals surface area (Å²) in [5.41, 5.74) is 0.948. The minimum absolute atomic E-state index is 0.0186. The summed E-state index contributed by atoms with van der Waals surface area (Å²) in [4.78, 5) is 97.1. The number of thioether (sulfide) groups is 1. The molecular weight excluding hydrogens is 633 g/mol. The third-order valence-electron chi connectivity index (χ3n) is 6.23. The molecule has 2 rings (SSSR count). The van der Waals surface area contributed by atoms with Crippen molar-refractivity contribution in [3.8, 4) is 0 Å². The number of methoxy groups -OCH3 is 1. The van der Waals surface area contributed by atoms with Crippen molar-refractivity contribution in [1.82, 2.24) is 25.7 Å². The van der Waals surface area contributed by atoms with E-state index in [1.54, 1.807) is 0 Å². The summed E-state index contributed by atoms with van der Waals surface area (Å²) in [5, 5.41) is 4.84. The number of hydroxylamine groups is 1. The smallest absolute Gasteiger partial charge is 0.467 e. The van der Waals surface area contributed by atoms with Gasteiger partial charge in [-0.1, -0.05) is 0 Å². The summed E-state index contributed by atoms with van der Waals surface area (Å²) in [6.07, 6.45) is 0.299. The molecule has 5 atom stereocenters. The highest BCUT2D eigenvalue weighted by Gasteiger charge is 2.39. The summed E-state index contributed by atoms with van der Waals surface area (Å²) in [6.45, 7) is 0.290. The lowest BCUT2D eigenvalue weighted by Crippen LogP contribution is -2.50. The first-order valence-corrected chi connectivity index (χ1v) is 16.0. The summed E-state index contributed by atoms with van der Waals surface area (Å²) in [7, 11) is -3.76. The molecule has 0 radical (unpaired) electrons. The molecule has 1 fully saturated rings. The Morgan fingerprint density at radius 2 is 2.00 bits per heavy atom. The van der Waals surface area contributed by atoms with Crippen LogP contribution in [0.1, 0.15) is 37.5 Å². The number of ether oxygens (including phenoxy) is 3. The Morgan fingerprint density at radius 3 is 2.64 bits per heavy atom. The lowest BCUT2D eigenvalue weighted by molar-refractivity contribution is -0.162. The van der Waals surface area contributed by atoms with Crippen molar-refractivity contribution < 1.29 is 57.1 Å². The Hall–Kier alpha value is -3.10. The molecule has 1 aromatic heterocycles. The van der Waals surface area contributed by atoms with E-state index in [4.69, 9.17) is 28.8 Å². The van der Waals surface area contributed by atoms with E-state index in [2.05, 4.69) is 25.6 Å². The van der Waals surface area contributed by atoms with Gasteiger partial charge in [0.05, 0.1) is 19.8 Å². The Morgan fingerprint density at radius 1 is 1.27 bits per heavy atom. The molecule has 248 valence electrons. The van der Waals surface area contributed by atoms with Crippen LogP contribution in [0.3, 0.4) is 0 Å². The Kier molecular flexibility index (Phi) is 15.2. The fraction of sp³-hybridized carbons (Fsp3) is 0.652. The van der Waals surface area contributed by atoms with Crippen molar-refractivity contribution in [3.05, 3.63) is 32.6 Å². The van der Waals surface area contributed by atoms with E-state index in [0.29, 0.717) is 18.6 Å². The van der Waals surface area contributed by atoms with Crippen LogP contribution in [0.25, 0.3) is 0 Å². The van der Waals surface area contributed by atoms with Crippen LogP contribution >= 0.6 is 19.6 Å². The number of nitrogens with one attached hydrogen (secondary N) is 4. The van der Waals surface area contributed by atoms with Crippen molar-refractivity contribution in [2.45, 2.75) is 63.1 Å². The highest BCUT2D eigenvalue weighted by atomic mass is 32.2. The summed E-state index contributed by atoms with van der Waals surface area (Å²) in [6, 6.07) is -2.08. The molecule has 21 heteroatoms. The first-order valence-electron chi connectivity index (χ1n) is 13.1. The maximum atomic E-state index is 12.6. The minimum atomic E-state index is -4.87. The second-order valence-electron chi connectivity index (χ2n) is 9.36. The van der Waals surface area contributed by atoms with Gasteiger partial charge >= 0.3 is 19.5 Å². The van der Waals surface area contributed by atoms with Crippen LogP contribution < -0.4 is 27.4 Å². The number of phosphoric acid groups is 1. The largest absolute Gasteiger partial charge is 0.469 e. The molecule has 0 unspecified atom stereocenters. The Balaban J connectivity index is 1.92. The van der Waals surface area contributed by atoms with Gasteiger partial charge in [0.1, 0.15) is 24.4 Å². The molecule has 0 saturated carbocycles. The number of carbonyl (C=O) groups is 4. The van der Waals surface area contributed by atoms with E-state index >= 15 is 0 Å². The molecular formula is C23H36N5O14PS. The van der Waals surface area contributed by atoms with Crippen LogP contribution in [-0.2, 0) is 47.3 Å². The normalized spacial score (nSPS) is 19.5. The lowest BCUT2D eigenvalue weighted by Gasteiger charge is -2.21. The molecule has 0 spiro atoms. The quantitative estimate of drug-likeness (QED) is 0.0231. The summed E-state index contributed by atoms with van der Waals surface area (Å²) in [5.74, 6) is -1.56. The second-order valence-corrected chi connectivity index (χ2v) is 11.6. The van der Waals surface area contributed by atoms with Crippen LogP contribution in [-0.4, -0.2) is 100 Å². The maximum absolute atomic E-state index is 12.6. The SMILES string of the molecule is COC(=O)[C@H](CCC(=O)NOCO[C@H]1C[C@H](n2cc(C)c(=O)[nH]c2=O)O[C@@H]1COP(=O)(O)O)NC(=O)[C@H](CCSC)NC=O. The van der Waals surface area contributed by atoms with E-state index in [0.717, 1.165) is 11.7 Å². The van der Waals surface area contributed by atoms with E-state index in [9.17, 15) is 33.3 Å². The number of aryl methyl sites for hydroxylation is 1. The van der Waals surface area contributed by atoms with Crippen molar-refractivity contribution in [1.29, 1.82) is 0 Å². The molecule has 1 aromatic rings. The molecule has 0 aromatic carbocycles. The first-order chi connectivity index (χ1) is 20.8. The summed E-state index contributed by atoms with van der Waals surface area (Å²) < 4.78 is 32.7. The molecule has 6 N–H and O–H groups in total. The van der Waals surface area contributed by atoms with Gasteiger partial charge in [0.2, 0.25) is 18.2 Å². The van der Waals surface area contributed by atoms with Gasteiger partial charge in [-0.25, -0.2) is 24.5 Å². The average molecular weight is 670 g/mol. The average Bonchev–Trinajstić information content (AvgIpc) is 3.38. The van der Waals surface area contributed by atoms with Crippen molar-refractivity contribution in [3.63, 3.8) is 0 Å². The topological polar surface area (TPSA) is 263 Å². The number of rotatable bonds is 19. The van der Waals surface area contributed by atoms with Crippen LogP contribution in [0.15, 0.2) is 15.8 Å². The predicted molar refractivity (Wildman–Crippen MR) is 151 cm³/mol. The third-order valence-corrected chi connectivity index (χ3v) is 7.36. The van der Waals surface area contributed by atoms with Gasteiger partial charge in [-0.3, -0.25) is 33.3 Å². The zero-order chi connectivity index (χ0) is 32.9. The van der Waals surface area contributed by atoms with E-state index in [1.807, 2.05) is 6.26 Å². The van der Waals surface area contributed by atoms with Crippen LogP contribution in [0.2, 0.25) is 0 Å². The number of phosphoric ester groups is 1. The van der Waals surface area contributed by atoms with Crippen LogP contribution in [0, 0.1) is 6.92 Å². The number of amides is 3. The first kappa shape index (κ1) is 37.1. The maximum Gasteiger partial charge on any atom is 0.469 e. The van der Waals surface area contributed by atoms with E-state index < -0.39 is 80.8 Å². The van der Waals surface area contributed by atoms with Crippen LogP contribution in [0.4, 0.5) is 0 Å². The molecule has 1 aliphatic rings. The van der Waals surface area contributed by atoms with Gasteiger partial charge in [0.15, 0.2) is 6.79 Å². The molecule has 0 aliphatic carbocycles. The summed E-state index contributed by atoms with van der Waals surface area (Å²) >= 11 is 1.46. The second kappa shape index (κ2) is 18.0. The van der Waals surface area contributed by atoms with Crippen LogP contribution in [0.5, 0.6) is 0 Å². The third kappa shape index (κ3) is 12.1. The number of nitrogens with zero attached hydrogens (tertiary/aromatic N) is 1.